The summed E-state index contributed by atoms with van der Waals surface area (Å²) >= 11 is 0. The zero-order chi connectivity index (χ0) is 15.8. The number of nitrogens with zero attached hydrogens (tertiary/aromatic N) is 5. The normalized spacial score (nSPS) is 18.1. The number of fused-ring (bicyclic) bond motifs is 1. The van der Waals surface area contributed by atoms with Gasteiger partial charge in [0.2, 0.25) is 0 Å². The summed E-state index contributed by atoms with van der Waals surface area (Å²) < 4.78 is 4.44. The first-order chi connectivity index (χ1) is 11.2. The van der Waals surface area contributed by atoms with E-state index in [-0.39, 0.29) is 6.04 Å². The molecule has 4 rings (SSSR count). The Morgan fingerprint density at radius 1 is 1.04 bits per heavy atom. The Hall–Kier alpha value is -2.40. The average molecular weight is 307 g/mol. The molecule has 0 fully saturated rings. The Kier molecular flexibility index (Phi) is 3.50. The van der Waals surface area contributed by atoms with Gasteiger partial charge in [0.05, 0.1) is 12.6 Å². The van der Waals surface area contributed by atoms with Crippen LogP contribution in [-0.4, -0.2) is 30.8 Å². The van der Waals surface area contributed by atoms with E-state index in [0.29, 0.717) is 0 Å². The molecule has 0 aliphatic carbocycles. The molecule has 0 radical (unpaired) electrons. The molecule has 118 valence electrons. The minimum absolute atomic E-state index is 0.261. The summed E-state index contributed by atoms with van der Waals surface area (Å²) in [6, 6.07) is 15.3. The molecule has 5 heteroatoms. The van der Waals surface area contributed by atoms with Crippen molar-refractivity contribution in [3.63, 3.8) is 0 Å². The van der Waals surface area contributed by atoms with Crippen molar-refractivity contribution in [1.82, 2.24) is 24.2 Å². The fourth-order valence-electron chi connectivity index (χ4n) is 3.39. The average Bonchev–Trinajstić information content (AvgIpc) is 3.17. The lowest BCUT2D eigenvalue weighted by Gasteiger charge is -2.37. The number of hydrogen-bond donors (Lipinski definition) is 0. The highest BCUT2D eigenvalue weighted by atomic mass is 15.3. The second kappa shape index (κ2) is 5.66. The van der Waals surface area contributed by atoms with Gasteiger partial charge >= 0.3 is 0 Å². The highest BCUT2D eigenvalue weighted by Gasteiger charge is 2.29. The molecular weight excluding hydrogens is 286 g/mol. The van der Waals surface area contributed by atoms with Gasteiger partial charge in [-0.05, 0) is 24.6 Å². The molecular formula is C18H21N5. The van der Waals surface area contributed by atoms with E-state index in [2.05, 4.69) is 72.9 Å². The summed E-state index contributed by atoms with van der Waals surface area (Å²) in [6.07, 6.45) is 2.18. The highest BCUT2D eigenvalue weighted by Crippen LogP contribution is 2.33. The number of aryl methyl sites for hydroxylation is 1. The lowest BCUT2D eigenvalue weighted by molar-refractivity contribution is 0.168. The number of hydrogen-bond acceptors (Lipinski definition) is 3. The van der Waals surface area contributed by atoms with Crippen molar-refractivity contribution in [3.05, 3.63) is 71.6 Å². The van der Waals surface area contributed by atoms with E-state index in [9.17, 15) is 0 Å². The summed E-state index contributed by atoms with van der Waals surface area (Å²) in [5.74, 6) is 1.97. The number of benzene rings is 1. The standard InChI is InChI=1S/C18H21N5/c1-14-19-20-17(21(14)2)13-23-12-11-22-10-6-9-16(22)18(23)15-7-4-3-5-8-15/h3-10,18H,11-13H2,1-2H3/t18-/m0/s1. The molecule has 1 atom stereocenters. The molecule has 1 aromatic carbocycles. The highest BCUT2D eigenvalue weighted by molar-refractivity contribution is 5.30. The van der Waals surface area contributed by atoms with Crippen LogP contribution in [0.3, 0.4) is 0 Å². The van der Waals surface area contributed by atoms with Crippen LogP contribution in [0, 0.1) is 6.92 Å². The Bertz CT molecular complexity index is 802. The fraction of sp³-hybridized carbons (Fsp3) is 0.333. The van der Waals surface area contributed by atoms with Crippen molar-refractivity contribution in [3.8, 4) is 0 Å². The van der Waals surface area contributed by atoms with Gasteiger partial charge in [0.15, 0.2) is 0 Å². The Morgan fingerprint density at radius 3 is 2.61 bits per heavy atom. The monoisotopic (exact) mass is 307 g/mol. The maximum atomic E-state index is 4.35. The molecule has 23 heavy (non-hydrogen) atoms. The van der Waals surface area contributed by atoms with Crippen molar-refractivity contribution in [2.75, 3.05) is 6.54 Å². The molecule has 2 aromatic heterocycles. The molecule has 3 heterocycles. The summed E-state index contributed by atoms with van der Waals surface area (Å²) in [5.41, 5.74) is 2.67. The van der Waals surface area contributed by atoms with Crippen LogP contribution in [0.15, 0.2) is 48.7 Å². The van der Waals surface area contributed by atoms with Crippen LogP contribution in [0.4, 0.5) is 0 Å². The number of rotatable bonds is 3. The minimum atomic E-state index is 0.261. The predicted molar refractivity (Wildman–Crippen MR) is 88.9 cm³/mol. The molecule has 1 aliphatic rings. The van der Waals surface area contributed by atoms with E-state index in [0.717, 1.165) is 31.3 Å². The maximum absolute atomic E-state index is 4.35. The predicted octanol–water partition coefficient (Wildman–Crippen LogP) is 2.53. The van der Waals surface area contributed by atoms with Crippen molar-refractivity contribution in [2.24, 2.45) is 7.05 Å². The Morgan fingerprint density at radius 2 is 1.87 bits per heavy atom. The van der Waals surface area contributed by atoms with Crippen molar-refractivity contribution < 1.29 is 0 Å². The van der Waals surface area contributed by atoms with Gasteiger partial charge in [-0.3, -0.25) is 4.90 Å². The quantitative estimate of drug-likeness (QED) is 0.746. The van der Waals surface area contributed by atoms with E-state index in [4.69, 9.17) is 0 Å². The van der Waals surface area contributed by atoms with E-state index < -0.39 is 0 Å². The maximum Gasteiger partial charge on any atom is 0.146 e. The molecule has 0 amide bonds. The second-order valence-electron chi connectivity index (χ2n) is 6.13. The zero-order valence-corrected chi connectivity index (χ0v) is 13.6. The minimum Gasteiger partial charge on any atom is -0.348 e. The lowest BCUT2D eigenvalue weighted by atomic mass is 10.00. The molecule has 0 saturated heterocycles. The molecule has 1 aliphatic heterocycles. The third-order valence-electron chi connectivity index (χ3n) is 4.78. The van der Waals surface area contributed by atoms with Crippen molar-refractivity contribution >= 4 is 0 Å². The van der Waals surface area contributed by atoms with Crippen molar-refractivity contribution in [1.29, 1.82) is 0 Å². The molecule has 0 saturated carbocycles. The molecule has 3 aromatic rings. The topological polar surface area (TPSA) is 38.9 Å². The van der Waals surface area contributed by atoms with Crippen LogP contribution in [0.5, 0.6) is 0 Å². The van der Waals surface area contributed by atoms with Gasteiger partial charge in [0.1, 0.15) is 11.6 Å². The van der Waals surface area contributed by atoms with Gasteiger partial charge in [-0.2, -0.15) is 0 Å². The summed E-state index contributed by atoms with van der Waals surface area (Å²) in [6.45, 7) is 4.82. The van der Waals surface area contributed by atoms with Gasteiger partial charge in [0, 0.05) is 32.0 Å². The molecule has 0 N–H and O–H groups in total. The van der Waals surface area contributed by atoms with Gasteiger partial charge in [-0.15, -0.1) is 10.2 Å². The van der Waals surface area contributed by atoms with Crippen LogP contribution in [0.25, 0.3) is 0 Å². The van der Waals surface area contributed by atoms with Crippen LogP contribution in [-0.2, 0) is 20.1 Å². The second-order valence-corrected chi connectivity index (χ2v) is 6.13. The first-order valence-corrected chi connectivity index (χ1v) is 8.03. The van der Waals surface area contributed by atoms with Gasteiger partial charge in [0.25, 0.3) is 0 Å². The molecule has 0 bridgehead atoms. The largest absolute Gasteiger partial charge is 0.348 e. The Labute approximate surface area is 136 Å². The Balaban J connectivity index is 1.72. The number of aromatic nitrogens is 4. The van der Waals surface area contributed by atoms with Crippen LogP contribution < -0.4 is 0 Å². The van der Waals surface area contributed by atoms with Crippen LogP contribution >= 0.6 is 0 Å². The lowest BCUT2D eigenvalue weighted by Crippen LogP contribution is -2.38. The van der Waals surface area contributed by atoms with E-state index in [1.54, 1.807) is 0 Å². The molecule has 0 unspecified atom stereocenters. The first-order valence-electron chi connectivity index (χ1n) is 8.03. The molecule has 0 spiro atoms. The SMILES string of the molecule is Cc1nnc(CN2CCn3cccc3[C@@H]2c2ccccc2)n1C. The molecule has 5 nitrogen and oxygen atoms in total. The van der Waals surface area contributed by atoms with E-state index in [1.807, 2.05) is 14.0 Å². The van der Waals surface area contributed by atoms with E-state index in [1.165, 1.54) is 11.3 Å². The third-order valence-corrected chi connectivity index (χ3v) is 4.78. The van der Waals surface area contributed by atoms with Gasteiger partial charge in [-0.25, -0.2) is 0 Å². The smallest absolute Gasteiger partial charge is 0.146 e. The zero-order valence-electron chi connectivity index (χ0n) is 13.6. The summed E-state index contributed by atoms with van der Waals surface area (Å²) in [5, 5.41) is 8.54. The summed E-state index contributed by atoms with van der Waals surface area (Å²) in [4.78, 5) is 2.49. The van der Waals surface area contributed by atoms with Crippen LogP contribution in [0.2, 0.25) is 0 Å². The third kappa shape index (κ3) is 2.47. The van der Waals surface area contributed by atoms with Crippen molar-refractivity contribution in [2.45, 2.75) is 26.1 Å². The summed E-state index contributed by atoms with van der Waals surface area (Å²) in [7, 11) is 2.04. The first kappa shape index (κ1) is 14.2. The fourth-order valence-corrected chi connectivity index (χ4v) is 3.39. The van der Waals surface area contributed by atoms with Gasteiger partial charge < -0.3 is 9.13 Å². The van der Waals surface area contributed by atoms with Crippen LogP contribution in [0.1, 0.15) is 28.9 Å². The van der Waals surface area contributed by atoms with E-state index >= 15 is 0 Å². The van der Waals surface area contributed by atoms with Gasteiger partial charge in [-0.1, -0.05) is 30.3 Å².